The summed E-state index contributed by atoms with van der Waals surface area (Å²) in [6.07, 6.45) is 0. The third-order valence-corrected chi connectivity index (χ3v) is 3.86. The Morgan fingerprint density at radius 1 is 1.25 bits per heavy atom. The molecule has 1 amide bonds. The van der Waals surface area contributed by atoms with E-state index in [1.54, 1.807) is 43.4 Å². The van der Waals surface area contributed by atoms with Crippen molar-refractivity contribution in [1.29, 1.82) is 0 Å². The molecule has 0 saturated heterocycles. The molecule has 0 aliphatic carbocycles. The summed E-state index contributed by atoms with van der Waals surface area (Å²) in [4.78, 5) is 13.8. The van der Waals surface area contributed by atoms with Gasteiger partial charge in [0.1, 0.15) is 5.82 Å². The average molecular weight is 337 g/mol. The minimum atomic E-state index is -0.321. The SMILES string of the molecule is CN(Cc1ccccc1F)C(=O)c1cccc(N)c1Br. The van der Waals surface area contributed by atoms with E-state index in [-0.39, 0.29) is 18.3 Å². The van der Waals surface area contributed by atoms with Crippen LogP contribution in [-0.4, -0.2) is 17.9 Å². The number of nitrogens with zero attached hydrogens (tertiary/aromatic N) is 1. The van der Waals surface area contributed by atoms with Crippen LogP contribution in [0.25, 0.3) is 0 Å². The van der Waals surface area contributed by atoms with Gasteiger partial charge in [-0.15, -0.1) is 0 Å². The molecule has 2 N–H and O–H groups in total. The second-order valence-electron chi connectivity index (χ2n) is 4.46. The molecule has 3 nitrogen and oxygen atoms in total. The number of benzene rings is 2. The Balaban J connectivity index is 2.21. The largest absolute Gasteiger partial charge is 0.398 e. The molecule has 0 bridgehead atoms. The van der Waals surface area contributed by atoms with E-state index in [0.29, 0.717) is 21.3 Å². The highest BCUT2D eigenvalue weighted by Crippen LogP contribution is 2.25. The molecular formula is C15H14BrFN2O. The number of amides is 1. The van der Waals surface area contributed by atoms with Gasteiger partial charge in [-0.05, 0) is 34.1 Å². The Labute approximate surface area is 125 Å². The normalized spacial score (nSPS) is 10.3. The van der Waals surface area contributed by atoms with Crippen molar-refractivity contribution in [2.75, 3.05) is 12.8 Å². The topological polar surface area (TPSA) is 46.3 Å². The lowest BCUT2D eigenvalue weighted by molar-refractivity contribution is 0.0783. The maximum atomic E-state index is 13.6. The van der Waals surface area contributed by atoms with Crippen molar-refractivity contribution in [3.8, 4) is 0 Å². The Morgan fingerprint density at radius 3 is 2.65 bits per heavy atom. The molecule has 5 heteroatoms. The second-order valence-corrected chi connectivity index (χ2v) is 5.25. The number of hydrogen-bond acceptors (Lipinski definition) is 2. The summed E-state index contributed by atoms with van der Waals surface area (Å²) in [5, 5.41) is 0. The molecule has 0 unspecified atom stereocenters. The molecule has 0 fully saturated rings. The van der Waals surface area contributed by atoms with E-state index in [4.69, 9.17) is 5.73 Å². The van der Waals surface area contributed by atoms with Gasteiger partial charge < -0.3 is 10.6 Å². The number of nitrogens with two attached hydrogens (primary N) is 1. The summed E-state index contributed by atoms with van der Waals surface area (Å²) in [6.45, 7) is 0.201. The van der Waals surface area contributed by atoms with Gasteiger partial charge in [-0.1, -0.05) is 24.3 Å². The van der Waals surface area contributed by atoms with E-state index < -0.39 is 0 Å². The van der Waals surface area contributed by atoms with E-state index in [1.165, 1.54) is 11.0 Å². The van der Waals surface area contributed by atoms with E-state index in [0.717, 1.165) is 0 Å². The van der Waals surface area contributed by atoms with Crippen LogP contribution in [0.2, 0.25) is 0 Å². The third-order valence-electron chi connectivity index (χ3n) is 2.97. The summed E-state index contributed by atoms with van der Waals surface area (Å²) in [5.41, 5.74) is 7.19. The molecule has 0 aliphatic heterocycles. The lowest BCUT2D eigenvalue weighted by Crippen LogP contribution is -2.27. The first-order valence-corrected chi connectivity index (χ1v) is 6.83. The monoisotopic (exact) mass is 336 g/mol. The van der Waals surface area contributed by atoms with Gasteiger partial charge in [0.15, 0.2) is 0 Å². The molecule has 2 aromatic carbocycles. The van der Waals surface area contributed by atoms with Gasteiger partial charge in [-0.25, -0.2) is 4.39 Å². The summed E-state index contributed by atoms with van der Waals surface area (Å²) in [5.74, 6) is -0.536. The van der Waals surface area contributed by atoms with Crippen LogP contribution in [0, 0.1) is 5.82 Å². The maximum Gasteiger partial charge on any atom is 0.255 e. The number of nitrogen functional groups attached to an aromatic ring is 1. The molecule has 0 atom stereocenters. The Morgan fingerprint density at radius 2 is 1.95 bits per heavy atom. The van der Waals surface area contributed by atoms with Gasteiger partial charge in [-0.2, -0.15) is 0 Å². The molecule has 0 aromatic heterocycles. The minimum Gasteiger partial charge on any atom is -0.398 e. The molecule has 2 aromatic rings. The van der Waals surface area contributed by atoms with Crippen molar-refractivity contribution in [2.24, 2.45) is 0 Å². The molecule has 0 radical (unpaired) electrons. The molecule has 2 rings (SSSR count). The molecule has 20 heavy (non-hydrogen) atoms. The van der Waals surface area contributed by atoms with Crippen LogP contribution in [0.3, 0.4) is 0 Å². The van der Waals surface area contributed by atoms with Crippen LogP contribution in [0.15, 0.2) is 46.9 Å². The number of halogens is 2. The average Bonchev–Trinajstić information content (AvgIpc) is 2.43. The molecule has 0 spiro atoms. The second kappa shape index (κ2) is 6.05. The van der Waals surface area contributed by atoms with Crippen LogP contribution in [0.4, 0.5) is 10.1 Å². The molecular weight excluding hydrogens is 323 g/mol. The van der Waals surface area contributed by atoms with Crippen LogP contribution in [0.5, 0.6) is 0 Å². The summed E-state index contributed by atoms with van der Waals surface area (Å²) in [6, 6.07) is 11.5. The number of rotatable bonds is 3. The van der Waals surface area contributed by atoms with Gasteiger partial charge in [-0.3, -0.25) is 4.79 Å². The zero-order chi connectivity index (χ0) is 14.7. The smallest absolute Gasteiger partial charge is 0.255 e. The van der Waals surface area contributed by atoms with Gasteiger partial charge in [0.05, 0.1) is 10.0 Å². The maximum absolute atomic E-state index is 13.6. The molecule has 104 valence electrons. The van der Waals surface area contributed by atoms with Gasteiger partial charge in [0.2, 0.25) is 0 Å². The van der Waals surface area contributed by atoms with Crippen molar-refractivity contribution in [3.05, 3.63) is 63.9 Å². The van der Waals surface area contributed by atoms with E-state index in [9.17, 15) is 9.18 Å². The lowest BCUT2D eigenvalue weighted by Gasteiger charge is -2.19. The van der Waals surface area contributed by atoms with Crippen LogP contribution in [-0.2, 0) is 6.54 Å². The highest BCUT2D eigenvalue weighted by atomic mass is 79.9. The number of anilines is 1. The first kappa shape index (κ1) is 14.5. The summed E-state index contributed by atoms with van der Waals surface area (Å²) < 4.78 is 14.2. The van der Waals surface area contributed by atoms with Crippen LogP contribution < -0.4 is 5.73 Å². The van der Waals surface area contributed by atoms with Crippen molar-refractivity contribution in [2.45, 2.75) is 6.54 Å². The Bertz CT molecular complexity index is 646. The van der Waals surface area contributed by atoms with Crippen molar-refractivity contribution in [1.82, 2.24) is 4.90 Å². The Hall–Kier alpha value is -1.88. The highest BCUT2D eigenvalue weighted by Gasteiger charge is 2.17. The molecule has 0 saturated carbocycles. The fourth-order valence-corrected chi connectivity index (χ4v) is 2.31. The van der Waals surface area contributed by atoms with Gasteiger partial charge in [0.25, 0.3) is 5.91 Å². The zero-order valence-corrected chi connectivity index (χ0v) is 12.5. The predicted molar refractivity (Wildman–Crippen MR) is 80.8 cm³/mol. The fraction of sp³-hybridized carbons (Fsp3) is 0.133. The van der Waals surface area contributed by atoms with Crippen molar-refractivity contribution < 1.29 is 9.18 Å². The standard InChI is InChI=1S/C15H14BrFN2O/c1-19(9-10-5-2-3-7-12(10)17)15(20)11-6-4-8-13(18)14(11)16/h2-8H,9,18H2,1H3. The minimum absolute atomic E-state index is 0.201. The van der Waals surface area contributed by atoms with Crippen LogP contribution >= 0.6 is 15.9 Å². The third kappa shape index (κ3) is 2.99. The predicted octanol–water partition coefficient (Wildman–Crippen LogP) is 3.44. The number of carbonyl (C=O) groups is 1. The van der Waals surface area contributed by atoms with E-state index in [1.807, 2.05) is 0 Å². The Kier molecular flexibility index (Phi) is 4.39. The first-order chi connectivity index (χ1) is 9.50. The number of hydrogen-bond donors (Lipinski definition) is 1. The van der Waals surface area contributed by atoms with Gasteiger partial charge >= 0.3 is 0 Å². The zero-order valence-electron chi connectivity index (χ0n) is 10.9. The summed E-state index contributed by atoms with van der Waals surface area (Å²) in [7, 11) is 1.63. The van der Waals surface area contributed by atoms with Crippen LogP contribution in [0.1, 0.15) is 15.9 Å². The highest BCUT2D eigenvalue weighted by molar-refractivity contribution is 9.10. The lowest BCUT2D eigenvalue weighted by atomic mass is 10.1. The van der Waals surface area contributed by atoms with Crippen molar-refractivity contribution >= 4 is 27.5 Å². The van der Waals surface area contributed by atoms with Gasteiger partial charge in [0, 0.05) is 24.8 Å². The molecule has 0 aliphatic rings. The van der Waals surface area contributed by atoms with E-state index in [2.05, 4.69) is 15.9 Å². The molecule has 0 heterocycles. The van der Waals surface area contributed by atoms with Crippen molar-refractivity contribution in [3.63, 3.8) is 0 Å². The quantitative estimate of drug-likeness (QED) is 0.872. The van der Waals surface area contributed by atoms with E-state index >= 15 is 0 Å². The summed E-state index contributed by atoms with van der Waals surface area (Å²) >= 11 is 3.30. The number of carbonyl (C=O) groups excluding carboxylic acids is 1. The fourth-order valence-electron chi connectivity index (χ4n) is 1.87. The first-order valence-electron chi connectivity index (χ1n) is 6.03.